The zero-order valence-corrected chi connectivity index (χ0v) is 17.0. The zero-order chi connectivity index (χ0) is 21.8. The molecule has 1 heterocycles. The van der Waals surface area contributed by atoms with Crippen LogP contribution in [0.25, 0.3) is 6.08 Å². The van der Waals surface area contributed by atoms with E-state index in [1.54, 1.807) is 6.07 Å². The number of thioether (sulfide) groups is 1. The van der Waals surface area contributed by atoms with Crippen LogP contribution in [-0.4, -0.2) is 21.1 Å². The Morgan fingerprint density at radius 1 is 1.03 bits per heavy atom. The molecule has 2 N–H and O–H groups in total. The number of rotatable bonds is 5. The predicted octanol–water partition coefficient (Wildman–Crippen LogP) is 4.78. The first kappa shape index (κ1) is 20.4. The normalized spacial score (nSPS) is 15.9. The number of amidine groups is 1. The summed E-state index contributed by atoms with van der Waals surface area (Å²) in [6, 6.07) is 21.7. The van der Waals surface area contributed by atoms with Gasteiger partial charge in [-0.15, -0.1) is 0 Å². The third kappa shape index (κ3) is 4.81. The van der Waals surface area contributed by atoms with Gasteiger partial charge in [0.2, 0.25) is 5.75 Å². The maximum absolute atomic E-state index is 12.4. The van der Waals surface area contributed by atoms with E-state index < -0.39 is 16.4 Å². The van der Waals surface area contributed by atoms with E-state index in [9.17, 15) is 20.0 Å². The topological polar surface area (TPSA) is 105 Å². The minimum Gasteiger partial charge on any atom is -0.502 e. The summed E-state index contributed by atoms with van der Waals surface area (Å²) in [5.41, 5.74) is 2.13. The van der Waals surface area contributed by atoms with Crippen molar-refractivity contribution >= 4 is 40.3 Å². The van der Waals surface area contributed by atoms with Gasteiger partial charge < -0.3 is 10.4 Å². The molecular weight excluding hydrogens is 414 g/mol. The number of carbonyl (C=O) groups excluding carboxylic acids is 1. The summed E-state index contributed by atoms with van der Waals surface area (Å²) >= 11 is 1.11. The molecule has 8 heteroatoms. The quantitative estimate of drug-likeness (QED) is 0.344. The monoisotopic (exact) mass is 431 g/mol. The molecule has 0 aromatic heterocycles. The van der Waals surface area contributed by atoms with Crippen molar-refractivity contribution < 1.29 is 14.8 Å². The van der Waals surface area contributed by atoms with Gasteiger partial charge in [-0.25, -0.2) is 4.99 Å². The number of para-hydroxylation sites is 1. The lowest BCUT2D eigenvalue weighted by molar-refractivity contribution is -0.385. The highest BCUT2D eigenvalue weighted by atomic mass is 32.2. The van der Waals surface area contributed by atoms with Gasteiger partial charge in [-0.3, -0.25) is 14.9 Å². The van der Waals surface area contributed by atoms with E-state index in [1.807, 2.05) is 60.7 Å². The minimum absolute atomic E-state index is 0.207. The number of carbonyl (C=O) groups is 1. The highest BCUT2D eigenvalue weighted by Crippen LogP contribution is 2.36. The second-order valence-electron chi connectivity index (χ2n) is 6.79. The summed E-state index contributed by atoms with van der Waals surface area (Å²) in [4.78, 5) is 27.9. The molecule has 1 fully saturated rings. The number of nitrogens with zero attached hydrogens (tertiary/aromatic N) is 2. The van der Waals surface area contributed by atoms with Crippen LogP contribution in [-0.2, 0) is 11.2 Å². The Bertz CT molecular complexity index is 1210. The SMILES string of the molecule is O=C1NC(=Nc2ccccc2)SC1=Cc1cc(Cc2ccccc2)cc([N+](=O)[O-])c1O. The number of phenolic OH excluding ortho intramolecular Hbond substituents is 1. The highest BCUT2D eigenvalue weighted by molar-refractivity contribution is 8.18. The van der Waals surface area contributed by atoms with Crippen molar-refractivity contribution in [2.24, 2.45) is 4.99 Å². The summed E-state index contributed by atoms with van der Waals surface area (Å²) in [5.74, 6) is -0.855. The molecule has 0 atom stereocenters. The van der Waals surface area contributed by atoms with E-state index in [0.29, 0.717) is 22.8 Å². The van der Waals surface area contributed by atoms with E-state index in [1.165, 1.54) is 12.1 Å². The van der Waals surface area contributed by atoms with Gasteiger partial charge in [0.15, 0.2) is 5.17 Å². The first-order chi connectivity index (χ1) is 15.0. The number of hydrogen-bond acceptors (Lipinski definition) is 6. The van der Waals surface area contributed by atoms with Crippen LogP contribution >= 0.6 is 11.8 Å². The molecule has 1 aliphatic rings. The maximum atomic E-state index is 12.4. The van der Waals surface area contributed by atoms with Crippen LogP contribution < -0.4 is 5.32 Å². The molecule has 3 aromatic rings. The number of hydrogen-bond donors (Lipinski definition) is 2. The summed E-state index contributed by atoms with van der Waals surface area (Å²) < 4.78 is 0. The van der Waals surface area contributed by atoms with Gasteiger partial charge in [0, 0.05) is 11.6 Å². The lowest BCUT2D eigenvalue weighted by Gasteiger charge is -2.07. The average Bonchev–Trinajstić information content (AvgIpc) is 3.10. The number of nitro groups is 1. The molecule has 7 nitrogen and oxygen atoms in total. The Morgan fingerprint density at radius 3 is 2.39 bits per heavy atom. The summed E-state index contributed by atoms with van der Waals surface area (Å²) in [7, 11) is 0. The van der Waals surface area contributed by atoms with E-state index >= 15 is 0 Å². The fraction of sp³-hybridized carbons (Fsp3) is 0.0435. The van der Waals surface area contributed by atoms with E-state index in [-0.39, 0.29) is 16.4 Å². The molecule has 1 amide bonds. The highest BCUT2D eigenvalue weighted by Gasteiger charge is 2.26. The Balaban J connectivity index is 1.68. The molecule has 0 radical (unpaired) electrons. The van der Waals surface area contributed by atoms with Gasteiger partial charge in [-0.05, 0) is 53.6 Å². The fourth-order valence-corrected chi connectivity index (χ4v) is 3.96. The number of phenols is 1. The number of amides is 1. The third-order valence-electron chi connectivity index (χ3n) is 4.55. The summed E-state index contributed by atoms with van der Waals surface area (Å²) in [6.07, 6.45) is 1.91. The van der Waals surface area contributed by atoms with Crippen LogP contribution in [0.3, 0.4) is 0 Å². The van der Waals surface area contributed by atoms with Crippen LogP contribution in [0, 0.1) is 10.1 Å². The lowest BCUT2D eigenvalue weighted by atomic mass is 10.0. The summed E-state index contributed by atoms with van der Waals surface area (Å²) in [5, 5.41) is 25.0. The Labute approximate surface area is 182 Å². The van der Waals surface area contributed by atoms with Gasteiger partial charge in [0.05, 0.1) is 15.5 Å². The summed E-state index contributed by atoms with van der Waals surface area (Å²) in [6.45, 7) is 0. The molecule has 0 bridgehead atoms. The Morgan fingerprint density at radius 2 is 1.71 bits per heavy atom. The van der Waals surface area contributed by atoms with Crippen molar-refractivity contribution in [2.45, 2.75) is 6.42 Å². The number of nitro benzene ring substituents is 1. The molecule has 1 aliphatic heterocycles. The van der Waals surface area contributed by atoms with Gasteiger partial charge >= 0.3 is 5.69 Å². The Kier molecular flexibility index (Phi) is 5.81. The largest absolute Gasteiger partial charge is 0.502 e. The van der Waals surface area contributed by atoms with Gasteiger partial charge in [-0.1, -0.05) is 48.5 Å². The molecular formula is C23H17N3O4S. The minimum atomic E-state index is -0.629. The molecule has 4 rings (SSSR count). The second kappa shape index (κ2) is 8.85. The van der Waals surface area contributed by atoms with Crippen LogP contribution in [0.5, 0.6) is 5.75 Å². The van der Waals surface area contributed by atoms with Crippen molar-refractivity contribution in [1.82, 2.24) is 5.32 Å². The molecule has 3 aromatic carbocycles. The van der Waals surface area contributed by atoms with Gasteiger partial charge in [0.25, 0.3) is 5.91 Å². The van der Waals surface area contributed by atoms with E-state index in [4.69, 9.17) is 0 Å². The molecule has 0 spiro atoms. The van der Waals surface area contributed by atoms with E-state index in [2.05, 4.69) is 10.3 Å². The van der Waals surface area contributed by atoms with Crippen LogP contribution in [0.2, 0.25) is 0 Å². The van der Waals surface area contributed by atoms with Crippen LogP contribution in [0.1, 0.15) is 16.7 Å². The van der Waals surface area contributed by atoms with Gasteiger partial charge in [0.1, 0.15) is 0 Å². The molecule has 154 valence electrons. The molecule has 0 aliphatic carbocycles. The molecule has 1 saturated heterocycles. The standard InChI is InChI=1S/C23H17N3O4S/c27-21-17(12-16(13-19(21)26(29)30)11-15-7-3-1-4-8-15)14-20-22(28)25-23(31-20)24-18-9-5-2-6-10-18/h1-10,12-14,27H,11H2,(H,24,25,28). The first-order valence-corrected chi connectivity index (χ1v) is 10.2. The second-order valence-corrected chi connectivity index (χ2v) is 7.82. The van der Waals surface area contributed by atoms with Crippen LogP contribution in [0.4, 0.5) is 11.4 Å². The smallest absolute Gasteiger partial charge is 0.311 e. The number of benzene rings is 3. The zero-order valence-electron chi connectivity index (χ0n) is 16.2. The first-order valence-electron chi connectivity index (χ1n) is 9.38. The third-order valence-corrected chi connectivity index (χ3v) is 5.46. The van der Waals surface area contributed by atoms with Crippen molar-refractivity contribution in [3.8, 4) is 5.75 Å². The van der Waals surface area contributed by atoms with Gasteiger partial charge in [-0.2, -0.15) is 0 Å². The molecule has 0 saturated carbocycles. The average molecular weight is 431 g/mol. The van der Waals surface area contributed by atoms with Crippen LogP contribution in [0.15, 0.2) is 82.7 Å². The maximum Gasteiger partial charge on any atom is 0.311 e. The van der Waals surface area contributed by atoms with Crippen molar-refractivity contribution in [3.05, 3.63) is 105 Å². The van der Waals surface area contributed by atoms with Crippen molar-refractivity contribution in [1.29, 1.82) is 0 Å². The Hall–Kier alpha value is -3.91. The van der Waals surface area contributed by atoms with Crippen molar-refractivity contribution in [2.75, 3.05) is 0 Å². The predicted molar refractivity (Wildman–Crippen MR) is 121 cm³/mol. The number of aromatic hydroxyl groups is 1. The lowest BCUT2D eigenvalue weighted by Crippen LogP contribution is -2.19. The van der Waals surface area contributed by atoms with E-state index in [0.717, 1.165) is 17.3 Å². The number of nitrogens with one attached hydrogen (secondary N) is 1. The molecule has 0 unspecified atom stereocenters. The molecule has 31 heavy (non-hydrogen) atoms. The van der Waals surface area contributed by atoms with Crippen molar-refractivity contribution in [3.63, 3.8) is 0 Å². The fourth-order valence-electron chi connectivity index (χ4n) is 3.13. The number of aliphatic imine (C=N–C) groups is 1.